The molecule has 0 fully saturated rings. The number of rotatable bonds is 9. The molecule has 0 radical (unpaired) electrons. The van der Waals surface area contributed by atoms with E-state index >= 15 is 0 Å². The van der Waals surface area contributed by atoms with Gasteiger partial charge in [-0.05, 0) is 12.1 Å². The van der Waals surface area contributed by atoms with Gasteiger partial charge in [-0.2, -0.15) is 13.2 Å². The molecule has 0 saturated carbocycles. The Morgan fingerprint density at radius 2 is 1.75 bits per heavy atom. The van der Waals surface area contributed by atoms with Crippen LogP contribution in [-0.4, -0.2) is 43.2 Å². The van der Waals surface area contributed by atoms with Crippen molar-refractivity contribution < 1.29 is 44.6 Å². The standard InChI is InChI=1S/C20H12Cl2F5N3O5S/c21-12-6-11(7-29-18(12)34-9-20(26,27)19(24)25)35-14-13(22)8-28-16(23)15(14)36(32,33)30-17(31)10-4-2-1-3-5-10/h1-8,19H,9H2,(H,30,31). The van der Waals surface area contributed by atoms with Gasteiger partial charge in [-0.3, -0.25) is 4.79 Å². The van der Waals surface area contributed by atoms with Crippen molar-refractivity contribution in [1.29, 1.82) is 0 Å². The second-order valence-electron chi connectivity index (χ2n) is 6.77. The summed E-state index contributed by atoms with van der Waals surface area (Å²) in [5, 5.41) is -0.998. The van der Waals surface area contributed by atoms with E-state index in [9.17, 15) is 35.2 Å². The predicted octanol–water partition coefficient (Wildman–Crippen LogP) is 5.11. The number of ether oxygens (including phenoxy) is 2. The summed E-state index contributed by atoms with van der Waals surface area (Å²) in [6.45, 7) is -1.73. The number of aromatic nitrogens is 2. The average molecular weight is 572 g/mol. The Morgan fingerprint density at radius 1 is 1.08 bits per heavy atom. The molecule has 0 spiro atoms. The minimum atomic E-state index is -4.94. The molecular formula is C20H12Cl2F5N3O5S. The first kappa shape index (κ1) is 27.4. The molecule has 192 valence electrons. The van der Waals surface area contributed by atoms with Crippen LogP contribution in [0.5, 0.6) is 17.4 Å². The lowest BCUT2D eigenvalue weighted by Gasteiger charge is -2.17. The summed E-state index contributed by atoms with van der Waals surface area (Å²) in [6.07, 6.45) is -2.48. The smallest absolute Gasteiger partial charge is 0.340 e. The highest BCUT2D eigenvalue weighted by molar-refractivity contribution is 7.90. The molecule has 0 bridgehead atoms. The number of benzene rings is 1. The van der Waals surface area contributed by atoms with Crippen molar-refractivity contribution in [3.8, 4) is 17.4 Å². The highest BCUT2D eigenvalue weighted by Crippen LogP contribution is 2.38. The normalized spacial score (nSPS) is 11.9. The highest BCUT2D eigenvalue weighted by Gasteiger charge is 2.42. The highest BCUT2D eigenvalue weighted by atomic mass is 35.5. The van der Waals surface area contributed by atoms with Gasteiger partial charge in [-0.25, -0.2) is 31.9 Å². The summed E-state index contributed by atoms with van der Waals surface area (Å²) >= 11 is 11.8. The Hall–Kier alpha value is -3.23. The van der Waals surface area contributed by atoms with Crippen molar-refractivity contribution in [3.05, 3.63) is 70.3 Å². The first-order valence-corrected chi connectivity index (χ1v) is 11.6. The summed E-state index contributed by atoms with van der Waals surface area (Å²) in [7, 11) is -4.94. The Labute approximate surface area is 210 Å². The summed E-state index contributed by atoms with van der Waals surface area (Å²) < 4.78 is 102. The van der Waals surface area contributed by atoms with Gasteiger partial charge in [0.15, 0.2) is 17.3 Å². The fourth-order valence-corrected chi connectivity index (χ4v) is 4.08. The number of halogens is 7. The maximum atomic E-state index is 14.5. The number of amides is 1. The van der Waals surface area contributed by atoms with Gasteiger partial charge in [0.05, 0.1) is 12.4 Å². The zero-order chi connectivity index (χ0) is 26.7. The average Bonchev–Trinajstić information content (AvgIpc) is 2.81. The van der Waals surface area contributed by atoms with Crippen LogP contribution in [0.15, 0.2) is 53.7 Å². The van der Waals surface area contributed by atoms with Crippen molar-refractivity contribution in [2.75, 3.05) is 6.61 Å². The monoisotopic (exact) mass is 571 g/mol. The van der Waals surface area contributed by atoms with Crippen LogP contribution < -0.4 is 14.2 Å². The fourth-order valence-electron chi connectivity index (χ4n) is 2.50. The predicted molar refractivity (Wildman–Crippen MR) is 116 cm³/mol. The Bertz CT molecular complexity index is 1380. The minimum Gasteiger partial charge on any atom is -0.470 e. The Kier molecular flexibility index (Phi) is 8.21. The van der Waals surface area contributed by atoms with E-state index in [0.717, 1.165) is 18.5 Å². The lowest BCUT2D eigenvalue weighted by atomic mass is 10.2. The number of nitrogens with zero attached hydrogens (tertiary/aromatic N) is 2. The quantitative estimate of drug-likeness (QED) is 0.281. The van der Waals surface area contributed by atoms with Gasteiger partial charge in [-0.15, -0.1) is 0 Å². The van der Waals surface area contributed by atoms with Crippen molar-refractivity contribution in [3.63, 3.8) is 0 Å². The number of hydrogen-bond donors (Lipinski definition) is 1. The van der Waals surface area contributed by atoms with E-state index in [1.54, 1.807) is 10.8 Å². The number of pyridine rings is 2. The van der Waals surface area contributed by atoms with Gasteiger partial charge < -0.3 is 9.47 Å². The Morgan fingerprint density at radius 3 is 2.36 bits per heavy atom. The van der Waals surface area contributed by atoms with Crippen LogP contribution in [0.3, 0.4) is 0 Å². The SMILES string of the molecule is O=C(NS(=O)(=O)c1c(F)ncc(Cl)c1Oc1cnc(OCC(F)(F)C(F)F)c(Cl)c1)c1ccccc1. The fraction of sp³-hybridized carbons (Fsp3) is 0.150. The topological polar surface area (TPSA) is 107 Å². The van der Waals surface area contributed by atoms with E-state index in [4.69, 9.17) is 27.9 Å². The number of nitrogens with one attached hydrogen (secondary N) is 1. The van der Waals surface area contributed by atoms with E-state index in [2.05, 4.69) is 14.7 Å². The largest absolute Gasteiger partial charge is 0.470 e. The third-order valence-corrected chi connectivity index (χ3v) is 6.04. The second-order valence-corrected chi connectivity index (χ2v) is 9.20. The zero-order valence-corrected chi connectivity index (χ0v) is 19.7. The van der Waals surface area contributed by atoms with Crippen LogP contribution >= 0.6 is 23.2 Å². The molecule has 1 N–H and O–H groups in total. The maximum absolute atomic E-state index is 14.5. The Balaban J connectivity index is 1.89. The van der Waals surface area contributed by atoms with Gasteiger partial charge in [-0.1, -0.05) is 41.4 Å². The number of hydrogen-bond acceptors (Lipinski definition) is 7. The van der Waals surface area contributed by atoms with Crippen LogP contribution in [0.1, 0.15) is 10.4 Å². The van der Waals surface area contributed by atoms with E-state index in [1.165, 1.54) is 24.3 Å². The number of carbonyl (C=O) groups excluding carboxylic acids is 1. The molecule has 3 aromatic rings. The molecule has 2 heterocycles. The molecule has 0 atom stereocenters. The first-order valence-electron chi connectivity index (χ1n) is 9.40. The van der Waals surface area contributed by atoms with Crippen molar-refractivity contribution in [2.24, 2.45) is 0 Å². The first-order chi connectivity index (χ1) is 16.8. The molecule has 1 aromatic carbocycles. The van der Waals surface area contributed by atoms with Crippen LogP contribution in [0.4, 0.5) is 22.0 Å². The zero-order valence-electron chi connectivity index (χ0n) is 17.4. The van der Waals surface area contributed by atoms with Gasteiger partial charge in [0, 0.05) is 11.6 Å². The third-order valence-electron chi connectivity index (χ3n) is 4.16. The lowest BCUT2D eigenvalue weighted by Crippen LogP contribution is -2.33. The van der Waals surface area contributed by atoms with Crippen LogP contribution in [0, 0.1) is 5.95 Å². The molecule has 2 aromatic heterocycles. The molecule has 3 rings (SSSR count). The molecule has 0 saturated heterocycles. The summed E-state index contributed by atoms with van der Waals surface area (Å²) in [6, 6.07) is 8.02. The van der Waals surface area contributed by atoms with Crippen molar-refractivity contribution >= 4 is 39.1 Å². The maximum Gasteiger partial charge on any atom is 0.340 e. The van der Waals surface area contributed by atoms with Gasteiger partial charge >= 0.3 is 12.3 Å². The van der Waals surface area contributed by atoms with Crippen molar-refractivity contribution in [2.45, 2.75) is 17.2 Å². The number of alkyl halides is 4. The van der Waals surface area contributed by atoms with Gasteiger partial charge in [0.1, 0.15) is 15.8 Å². The molecule has 36 heavy (non-hydrogen) atoms. The number of sulfonamides is 1. The molecule has 1 amide bonds. The molecular weight excluding hydrogens is 560 g/mol. The molecule has 0 aliphatic heterocycles. The van der Waals surface area contributed by atoms with E-state index < -0.39 is 67.4 Å². The molecule has 0 aliphatic rings. The number of carbonyl (C=O) groups is 1. The molecule has 0 aliphatic carbocycles. The molecule has 16 heteroatoms. The van der Waals surface area contributed by atoms with E-state index in [1.807, 2.05) is 0 Å². The van der Waals surface area contributed by atoms with E-state index in [-0.39, 0.29) is 11.3 Å². The summed E-state index contributed by atoms with van der Waals surface area (Å²) in [5.41, 5.74) is -0.0528. The van der Waals surface area contributed by atoms with Gasteiger partial charge in [0.2, 0.25) is 11.8 Å². The second kappa shape index (κ2) is 10.8. The lowest BCUT2D eigenvalue weighted by molar-refractivity contribution is -0.148. The summed E-state index contributed by atoms with van der Waals surface area (Å²) in [4.78, 5) is 17.8. The molecule has 8 nitrogen and oxygen atoms in total. The van der Waals surface area contributed by atoms with Crippen LogP contribution in [-0.2, 0) is 10.0 Å². The van der Waals surface area contributed by atoms with Crippen molar-refractivity contribution in [1.82, 2.24) is 14.7 Å². The summed E-state index contributed by atoms with van der Waals surface area (Å²) in [5.74, 6) is -9.00. The van der Waals surface area contributed by atoms with Crippen LogP contribution in [0.25, 0.3) is 0 Å². The molecule has 0 unspecified atom stereocenters. The van der Waals surface area contributed by atoms with Gasteiger partial charge in [0.25, 0.3) is 15.9 Å². The minimum absolute atomic E-state index is 0.0528. The van der Waals surface area contributed by atoms with E-state index in [0.29, 0.717) is 0 Å². The van der Waals surface area contributed by atoms with Crippen LogP contribution in [0.2, 0.25) is 10.0 Å². The third kappa shape index (κ3) is 6.30.